The zero-order valence-electron chi connectivity index (χ0n) is 18.2. The van der Waals surface area contributed by atoms with Gasteiger partial charge in [0.1, 0.15) is 0 Å². The van der Waals surface area contributed by atoms with E-state index < -0.39 is 0 Å². The van der Waals surface area contributed by atoms with Gasteiger partial charge in [-0.15, -0.1) is 0 Å². The Morgan fingerprint density at radius 3 is 2.21 bits per heavy atom. The van der Waals surface area contributed by atoms with E-state index in [4.69, 9.17) is 9.47 Å². The van der Waals surface area contributed by atoms with E-state index in [9.17, 15) is 4.79 Å². The highest BCUT2D eigenvalue weighted by atomic mass is 16.5. The molecule has 2 aromatic carbocycles. The van der Waals surface area contributed by atoms with Crippen molar-refractivity contribution in [3.63, 3.8) is 0 Å². The first-order chi connectivity index (χ1) is 13.8. The van der Waals surface area contributed by atoms with E-state index in [0.29, 0.717) is 17.9 Å². The van der Waals surface area contributed by atoms with Crippen LogP contribution in [-0.2, 0) is 16.6 Å². The lowest BCUT2D eigenvalue weighted by Gasteiger charge is -2.38. The van der Waals surface area contributed by atoms with Gasteiger partial charge in [0, 0.05) is 31.9 Å². The van der Waals surface area contributed by atoms with Crippen LogP contribution in [0.4, 0.5) is 5.69 Å². The topological polar surface area (TPSA) is 42.0 Å². The fourth-order valence-electron chi connectivity index (χ4n) is 3.86. The maximum absolute atomic E-state index is 12.8. The lowest BCUT2D eigenvalue weighted by Crippen LogP contribution is -2.49. The van der Waals surface area contributed by atoms with Crippen molar-refractivity contribution >= 4 is 11.6 Å². The molecule has 1 heterocycles. The van der Waals surface area contributed by atoms with Crippen molar-refractivity contribution in [2.75, 3.05) is 45.3 Å². The van der Waals surface area contributed by atoms with Crippen molar-refractivity contribution in [1.29, 1.82) is 0 Å². The number of nitrogens with zero attached hydrogens (tertiary/aromatic N) is 2. The highest BCUT2D eigenvalue weighted by molar-refractivity contribution is 5.79. The number of methoxy groups -OCH3 is 2. The molecule has 29 heavy (non-hydrogen) atoms. The van der Waals surface area contributed by atoms with E-state index in [-0.39, 0.29) is 11.3 Å². The number of carbonyl (C=O) groups is 1. The first-order valence-corrected chi connectivity index (χ1v) is 10.2. The Balaban J connectivity index is 1.64. The SMILES string of the molecule is COc1ccc(CC(=O)N2CCN(c3ccccc3C(C)(C)C)CC2)cc1OC. The number of piperazine rings is 1. The van der Waals surface area contributed by atoms with E-state index in [1.165, 1.54) is 11.3 Å². The Bertz CT molecular complexity index is 849. The summed E-state index contributed by atoms with van der Waals surface area (Å²) in [5.41, 5.74) is 3.67. The molecule has 0 atom stereocenters. The van der Waals surface area contributed by atoms with Gasteiger partial charge in [0.2, 0.25) is 5.91 Å². The average molecular weight is 397 g/mol. The molecule has 0 spiro atoms. The second-order valence-electron chi connectivity index (χ2n) is 8.50. The van der Waals surface area contributed by atoms with Gasteiger partial charge in [-0.05, 0) is 34.7 Å². The summed E-state index contributed by atoms with van der Waals surface area (Å²) < 4.78 is 10.6. The van der Waals surface area contributed by atoms with Gasteiger partial charge in [-0.25, -0.2) is 0 Å². The molecule has 2 aromatic rings. The highest BCUT2D eigenvalue weighted by Gasteiger charge is 2.25. The average Bonchev–Trinajstić information content (AvgIpc) is 2.73. The highest BCUT2D eigenvalue weighted by Crippen LogP contribution is 2.32. The summed E-state index contributed by atoms with van der Waals surface area (Å²) in [6.45, 7) is 9.92. The van der Waals surface area contributed by atoms with Crippen LogP contribution >= 0.6 is 0 Å². The van der Waals surface area contributed by atoms with Crippen molar-refractivity contribution in [3.05, 3.63) is 53.6 Å². The van der Waals surface area contributed by atoms with Gasteiger partial charge in [0.25, 0.3) is 0 Å². The summed E-state index contributed by atoms with van der Waals surface area (Å²) in [6, 6.07) is 14.3. The minimum atomic E-state index is 0.0942. The molecule has 1 saturated heterocycles. The summed E-state index contributed by atoms with van der Waals surface area (Å²) in [4.78, 5) is 17.2. The molecule has 5 heteroatoms. The fraction of sp³-hybridized carbons (Fsp3) is 0.458. The number of hydrogen-bond donors (Lipinski definition) is 0. The van der Waals surface area contributed by atoms with Crippen molar-refractivity contribution in [2.24, 2.45) is 0 Å². The molecule has 1 amide bonds. The van der Waals surface area contributed by atoms with Crippen LogP contribution < -0.4 is 14.4 Å². The third kappa shape index (κ3) is 4.84. The number of ether oxygens (including phenoxy) is 2. The zero-order valence-corrected chi connectivity index (χ0v) is 18.2. The smallest absolute Gasteiger partial charge is 0.227 e. The van der Waals surface area contributed by atoms with Gasteiger partial charge in [0.05, 0.1) is 20.6 Å². The lowest BCUT2D eigenvalue weighted by atomic mass is 9.85. The van der Waals surface area contributed by atoms with Crippen molar-refractivity contribution in [1.82, 2.24) is 4.90 Å². The van der Waals surface area contributed by atoms with Gasteiger partial charge in [-0.1, -0.05) is 45.0 Å². The summed E-state index contributed by atoms with van der Waals surface area (Å²) in [5, 5.41) is 0. The number of hydrogen-bond acceptors (Lipinski definition) is 4. The number of anilines is 1. The van der Waals surface area contributed by atoms with Crippen LogP contribution in [0.2, 0.25) is 0 Å². The molecule has 0 N–H and O–H groups in total. The van der Waals surface area contributed by atoms with Gasteiger partial charge >= 0.3 is 0 Å². The van der Waals surface area contributed by atoms with Crippen molar-refractivity contribution in [2.45, 2.75) is 32.6 Å². The zero-order chi connectivity index (χ0) is 21.0. The Morgan fingerprint density at radius 2 is 1.59 bits per heavy atom. The molecular formula is C24H32N2O3. The van der Waals surface area contributed by atoms with Crippen LogP contribution in [0.3, 0.4) is 0 Å². The van der Waals surface area contributed by atoms with Gasteiger partial charge in [-0.3, -0.25) is 4.79 Å². The van der Waals surface area contributed by atoms with Crippen LogP contribution in [0.25, 0.3) is 0 Å². The third-order valence-corrected chi connectivity index (χ3v) is 5.49. The number of carbonyl (C=O) groups excluding carboxylic acids is 1. The number of amides is 1. The first-order valence-electron chi connectivity index (χ1n) is 10.2. The minimum Gasteiger partial charge on any atom is -0.493 e. The summed E-state index contributed by atoms with van der Waals surface area (Å²) >= 11 is 0. The number of para-hydroxylation sites is 1. The maximum Gasteiger partial charge on any atom is 0.227 e. The molecule has 3 rings (SSSR count). The summed E-state index contributed by atoms with van der Waals surface area (Å²) in [5.74, 6) is 1.48. The molecular weight excluding hydrogens is 364 g/mol. The van der Waals surface area contributed by atoms with E-state index in [1.54, 1.807) is 14.2 Å². The standard InChI is InChI=1S/C24H32N2O3/c1-24(2,3)19-8-6-7-9-20(19)25-12-14-26(15-13-25)23(27)17-18-10-11-21(28-4)22(16-18)29-5/h6-11,16H,12-15,17H2,1-5H3. The molecule has 0 aromatic heterocycles. The Morgan fingerprint density at radius 1 is 0.931 bits per heavy atom. The molecule has 0 saturated carbocycles. The first kappa shape index (κ1) is 21.0. The van der Waals surface area contributed by atoms with Crippen LogP contribution in [0, 0.1) is 0 Å². The van der Waals surface area contributed by atoms with Crippen LogP contribution in [0.1, 0.15) is 31.9 Å². The fourth-order valence-corrected chi connectivity index (χ4v) is 3.86. The monoisotopic (exact) mass is 396 g/mol. The minimum absolute atomic E-state index is 0.0942. The molecule has 0 bridgehead atoms. The molecule has 156 valence electrons. The third-order valence-electron chi connectivity index (χ3n) is 5.49. The summed E-state index contributed by atoms with van der Waals surface area (Å²) in [7, 11) is 3.22. The predicted octanol–water partition coefficient (Wildman–Crippen LogP) is 3.89. The van der Waals surface area contributed by atoms with Crippen molar-refractivity contribution in [3.8, 4) is 11.5 Å². The Labute approximate surface area is 174 Å². The molecule has 0 aliphatic carbocycles. The Hall–Kier alpha value is -2.69. The molecule has 1 aliphatic rings. The molecule has 0 unspecified atom stereocenters. The van der Waals surface area contributed by atoms with Gasteiger partial charge < -0.3 is 19.3 Å². The van der Waals surface area contributed by atoms with E-state index >= 15 is 0 Å². The van der Waals surface area contributed by atoms with Crippen LogP contribution in [-0.4, -0.2) is 51.2 Å². The molecule has 0 radical (unpaired) electrons. The van der Waals surface area contributed by atoms with Gasteiger partial charge in [0.15, 0.2) is 11.5 Å². The number of benzene rings is 2. The lowest BCUT2D eigenvalue weighted by molar-refractivity contribution is -0.130. The number of rotatable bonds is 5. The second kappa shape index (κ2) is 8.76. The molecule has 5 nitrogen and oxygen atoms in total. The van der Waals surface area contributed by atoms with E-state index in [1.807, 2.05) is 23.1 Å². The molecule has 1 fully saturated rings. The largest absolute Gasteiger partial charge is 0.493 e. The second-order valence-corrected chi connectivity index (χ2v) is 8.50. The quantitative estimate of drug-likeness (QED) is 0.769. The summed E-state index contributed by atoms with van der Waals surface area (Å²) in [6.07, 6.45) is 0.374. The van der Waals surface area contributed by atoms with E-state index in [0.717, 1.165) is 31.7 Å². The van der Waals surface area contributed by atoms with E-state index in [2.05, 4.69) is 49.9 Å². The Kier molecular flexibility index (Phi) is 6.36. The molecule has 1 aliphatic heterocycles. The van der Waals surface area contributed by atoms with Crippen LogP contribution in [0.15, 0.2) is 42.5 Å². The maximum atomic E-state index is 12.8. The normalized spacial score (nSPS) is 14.7. The van der Waals surface area contributed by atoms with Crippen molar-refractivity contribution < 1.29 is 14.3 Å². The predicted molar refractivity (Wildman–Crippen MR) is 117 cm³/mol. The van der Waals surface area contributed by atoms with Crippen LogP contribution in [0.5, 0.6) is 11.5 Å². The van der Waals surface area contributed by atoms with Gasteiger partial charge in [-0.2, -0.15) is 0 Å².